The van der Waals surface area contributed by atoms with E-state index in [1.807, 2.05) is 6.07 Å². The van der Waals surface area contributed by atoms with E-state index in [9.17, 15) is 13.2 Å². The molecule has 0 radical (unpaired) electrons. The van der Waals surface area contributed by atoms with Crippen LogP contribution in [0.4, 0.5) is 5.69 Å². The number of hydrogen-bond donors (Lipinski definition) is 2. The number of ether oxygens (including phenoxy) is 1. The highest BCUT2D eigenvalue weighted by molar-refractivity contribution is 7.89. The number of nitrogens with two attached hydrogens (primary N) is 1. The lowest BCUT2D eigenvalue weighted by molar-refractivity contribution is 0.0988. The Kier molecular flexibility index (Phi) is 6.76. The van der Waals surface area contributed by atoms with Gasteiger partial charge in [-0.05, 0) is 30.7 Å². The van der Waals surface area contributed by atoms with Crippen LogP contribution in [0.2, 0.25) is 0 Å². The number of ketones is 1. The zero-order valence-corrected chi connectivity index (χ0v) is 15.8. The van der Waals surface area contributed by atoms with Gasteiger partial charge in [0.1, 0.15) is 10.6 Å². The molecule has 0 fully saturated rings. The number of carbonyl (C=O) groups is 1. The van der Waals surface area contributed by atoms with Gasteiger partial charge in [-0.15, -0.1) is 0 Å². The number of carbonyl (C=O) groups excluding carboxylic acids is 1. The van der Waals surface area contributed by atoms with Crippen LogP contribution in [0, 0.1) is 0 Å². The Morgan fingerprint density at radius 1 is 1.15 bits per heavy atom. The van der Waals surface area contributed by atoms with Gasteiger partial charge >= 0.3 is 0 Å². The van der Waals surface area contributed by atoms with E-state index in [2.05, 4.69) is 12.2 Å². The molecule has 0 atom stereocenters. The Balaban J connectivity index is 2.60. The van der Waals surface area contributed by atoms with Crippen LogP contribution < -0.4 is 15.2 Å². The number of hydrogen-bond acceptors (Lipinski definition) is 5. The van der Waals surface area contributed by atoms with Crippen LogP contribution >= 0.6 is 0 Å². The lowest BCUT2D eigenvalue weighted by atomic mass is 10.1. The van der Waals surface area contributed by atoms with Crippen LogP contribution in [0.3, 0.4) is 0 Å². The molecule has 0 saturated carbocycles. The molecule has 2 aromatic rings. The fourth-order valence-electron chi connectivity index (χ4n) is 2.42. The summed E-state index contributed by atoms with van der Waals surface area (Å²) in [6, 6.07) is 11.7. The number of benzene rings is 2. The van der Waals surface area contributed by atoms with Gasteiger partial charge in [0.05, 0.1) is 5.69 Å². The van der Waals surface area contributed by atoms with Crippen LogP contribution in [-0.4, -0.2) is 20.7 Å². The van der Waals surface area contributed by atoms with Crippen molar-refractivity contribution in [3.05, 3.63) is 48.0 Å². The molecule has 7 heteroatoms. The zero-order chi connectivity index (χ0) is 19.2. The van der Waals surface area contributed by atoms with E-state index in [1.54, 1.807) is 37.3 Å². The van der Waals surface area contributed by atoms with Crippen molar-refractivity contribution in [1.82, 2.24) is 0 Å². The fraction of sp³-hybridized carbons (Fsp3) is 0.316. The molecule has 0 aromatic heterocycles. The Labute approximate surface area is 154 Å². The second-order valence-electron chi connectivity index (χ2n) is 5.87. The first kappa shape index (κ1) is 19.9. The van der Waals surface area contributed by atoms with Gasteiger partial charge in [-0.25, -0.2) is 13.6 Å². The lowest BCUT2D eigenvalue weighted by Crippen LogP contribution is -2.16. The van der Waals surface area contributed by atoms with Crippen LogP contribution in [0.15, 0.2) is 47.4 Å². The summed E-state index contributed by atoms with van der Waals surface area (Å²) >= 11 is 0. The van der Waals surface area contributed by atoms with Crippen molar-refractivity contribution in [3.63, 3.8) is 0 Å². The smallest absolute Gasteiger partial charge is 0.241 e. The van der Waals surface area contributed by atoms with Crippen molar-refractivity contribution in [3.8, 4) is 11.5 Å². The molecule has 26 heavy (non-hydrogen) atoms. The quantitative estimate of drug-likeness (QED) is 0.510. The minimum atomic E-state index is -4.09. The average molecular weight is 376 g/mol. The minimum absolute atomic E-state index is 0.0995. The van der Waals surface area contributed by atoms with Gasteiger partial charge in [0, 0.05) is 18.5 Å². The van der Waals surface area contributed by atoms with Gasteiger partial charge in [0.2, 0.25) is 10.0 Å². The van der Waals surface area contributed by atoms with Crippen molar-refractivity contribution in [2.75, 3.05) is 11.9 Å². The predicted octanol–water partition coefficient (Wildman–Crippen LogP) is 3.93. The summed E-state index contributed by atoms with van der Waals surface area (Å²) in [5, 5.41) is 8.57. The maximum absolute atomic E-state index is 12.1. The molecule has 3 N–H and O–H groups in total. The number of Topliss-reactive ketones (excluding diaryl/α,β-unsaturated/α-hetero) is 1. The highest BCUT2D eigenvalue weighted by atomic mass is 32.2. The molecule has 0 heterocycles. The first-order valence-electron chi connectivity index (χ1n) is 8.57. The SMILES string of the molecule is CCCCNc1cc(C(=O)CC)cc(S(N)(=O)=O)c1Oc1ccccc1. The van der Waals surface area contributed by atoms with Gasteiger partial charge in [0.25, 0.3) is 0 Å². The Hall–Kier alpha value is -2.38. The van der Waals surface area contributed by atoms with Crippen LogP contribution in [0.25, 0.3) is 0 Å². The maximum Gasteiger partial charge on any atom is 0.241 e. The summed E-state index contributed by atoms with van der Waals surface area (Å²) in [6.45, 7) is 4.39. The largest absolute Gasteiger partial charge is 0.454 e. The number of sulfonamides is 1. The molecule has 2 rings (SSSR count). The van der Waals surface area contributed by atoms with E-state index in [0.29, 0.717) is 18.0 Å². The Morgan fingerprint density at radius 2 is 1.85 bits per heavy atom. The monoisotopic (exact) mass is 376 g/mol. The molecule has 0 amide bonds. The molecule has 6 nitrogen and oxygen atoms in total. The molecule has 0 saturated heterocycles. The third-order valence-corrected chi connectivity index (χ3v) is 4.73. The van der Waals surface area contributed by atoms with Crippen molar-refractivity contribution in [1.29, 1.82) is 0 Å². The van der Waals surface area contributed by atoms with E-state index in [0.717, 1.165) is 12.8 Å². The first-order chi connectivity index (χ1) is 12.4. The summed E-state index contributed by atoms with van der Waals surface area (Å²) in [4.78, 5) is 11.9. The molecule has 140 valence electrons. The Morgan fingerprint density at radius 3 is 2.42 bits per heavy atom. The fourth-order valence-corrected chi connectivity index (χ4v) is 3.12. The molecule has 0 aliphatic carbocycles. The van der Waals surface area contributed by atoms with Crippen LogP contribution in [0.1, 0.15) is 43.5 Å². The van der Waals surface area contributed by atoms with Gasteiger partial charge in [-0.3, -0.25) is 4.79 Å². The summed E-state index contributed by atoms with van der Waals surface area (Å²) in [6.07, 6.45) is 2.12. The second-order valence-corrected chi connectivity index (χ2v) is 7.40. The highest BCUT2D eigenvalue weighted by Gasteiger charge is 2.23. The topological polar surface area (TPSA) is 98.5 Å². The molecule has 0 bridgehead atoms. The zero-order valence-electron chi connectivity index (χ0n) is 15.0. The highest BCUT2D eigenvalue weighted by Crippen LogP contribution is 2.37. The molecule has 2 aromatic carbocycles. The summed E-state index contributed by atoms with van der Waals surface area (Å²) in [7, 11) is -4.09. The first-order valence-corrected chi connectivity index (χ1v) is 10.1. The van der Waals surface area contributed by atoms with E-state index < -0.39 is 10.0 Å². The number of primary sulfonamides is 1. The summed E-state index contributed by atoms with van der Waals surface area (Å²) < 4.78 is 30.1. The third-order valence-electron chi connectivity index (χ3n) is 3.81. The average Bonchev–Trinajstić information content (AvgIpc) is 2.62. The van der Waals surface area contributed by atoms with Gasteiger partial charge in [-0.1, -0.05) is 38.5 Å². The van der Waals surface area contributed by atoms with Crippen molar-refractivity contribution >= 4 is 21.5 Å². The van der Waals surface area contributed by atoms with E-state index >= 15 is 0 Å². The number of rotatable bonds is 9. The molecule has 0 aliphatic heterocycles. The summed E-state index contributed by atoms with van der Waals surface area (Å²) in [5.41, 5.74) is 0.724. The molecular formula is C19H24N2O4S. The second kappa shape index (κ2) is 8.82. The predicted molar refractivity (Wildman–Crippen MR) is 102 cm³/mol. The van der Waals surface area contributed by atoms with Gasteiger partial charge in [0.15, 0.2) is 11.5 Å². The number of para-hydroxylation sites is 1. The molecule has 0 spiro atoms. The number of unbranched alkanes of at least 4 members (excludes halogenated alkanes) is 1. The van der Waals surface area contributed by atoms with Crippen molar-refractivity contribution < 1.29 is 17.9 Å². The number of anilines is 1. The maximum atomic E-state index is 12.1. The van der Waals surface area contributed by atoms with Gasteiger partial charge < -0.3 is 10.1 Å². The minimum Gasteiger partial charge on any atom is -0.454 e. The van der Waals surface area contributed by atoms with E-state index in [-0.39, 0.29) is 28.4 Å². The van der Waals surface area contributed by atoms with Gasteiger partial charge in [-0.2, -0.15) is 0 Å². The molecule has 0 aliphatic rings. The van der Waals surface area contributed by atoms with Crippen molar-refractivity contribution in [2.45, 2.75) is 38.0 Å². The van der Waals surface area contributed by atoms with Crippen LogP contribution in [-0.2, 0) is 10.0 Å². The molecule has 0 unspecified atom stereocenters. The summed E-state index contributed by atoms with van der Waals surface area (Å²) in [5.74, 6) is 0.410. The number of nitrogens with one attached hydrogen (secondary N) is 1. The van der Waals surface area contributed by atoms with Crippen molar-refractivity contribution in [2.24, 2.45) is 5.14 Å². The lowest BCUT2D eigenvalue weighted by Gasteiger charge is -2.17. The van der Waals surface area contributed by atoms with Crippen LogP contribution in [0.5, 0.6) is 11.5 Å². The standard InChI is InChI=1S/C19H24N2O4S/c1-3-5-11-21-16-12-14(17(22)4-2)13-18(26(20,23)24)19(16)25-15-9-7-6-8-10-15/h6-10,12-13,21H,3-5,11H2,1-2H3,(H2,20,23,24). The molecular weight excluding hydrogens is 352 g/mol. The Bertz CT molecular complexity index is 865. The third kappa shape index (κ3) is 5.06. The van der Waals surface area contributed by atoms with E-state index in [1.165, 1.54) is 6.07 Å². The van der Waals surface area contributed by atoms with E-state index in [4.69, 9.17) is 9.88 Å². The normalized spacial score (nSPS) is 11.2.